The topological polar surface area (TPSA) is 70.4 Å². The summed E-state index contributed by atoms with van der Waals surface area (Å²) in [6.45, 7) is 2.69. The summed E-state index contributed by atoms with van der Waals surface area (Å²) in [6.07, 6.45) is 2.20. The van der Waals surface area contributed by atoms with Crippen molar-refractivity contribution in [3.05, 3.63) is 65.5 Å². The Balaban J connectivity index is 1.09. The van der Waals surface area contributed by atoms with Crippen molar-refractivity contribution in [1.29, 1.82) is 0 Å². The normalized spacial score (nSPS) is 21.8. The van der Waals surface area contributed by atoms with E-state index < -0.39 is 17.6 Å². The molecule has 3 aliphatic heterocycles. The minimum absolute atomic E-state index is 0.0406. The average Bonchev–Trinajstić information content (AvgIpc) is 3.42. The third-order valence-electron chi connectivity index (χ3n) is 7.48. The maximum absolute atomic E-state index is 13.2. The van der Waals surface area contributed by atoms with E-state index in [2.05, 4.69) is 24.9 Å². The number of carbonyl (C=O) groups excluding carboxylic acids is 1. The van der Waals surface area contributed by atoms with Crippen molar-refractivity contribution < 1.29 is 22.4 Å². The number of rotatable bonds is 4. The van der Waals surface area contributed by atoms with Crippen LogP contribution in [0.3, 0.4) is 0 Å². The third-order valence-corrected chi connectivity index (χ3v) is 7.48. The molecular weight excluding hydrogens is 490 g/mol. The molecule has 0 radical (unpaired) electrons. The highest BCUT2D eigenvalue weighted by Crippen LogP contribution is 2.33. The fourth-order valence-electron chi connectivity index (χ4n) is 5.73. The number of halogens is 4. The molecule has 194 valence electrons. The van der Waals surface area contributed by atoms with Crippen molar-refractivity contribution in [1.82, 2.24) is 29.5 Å². The van der Waals surface area contributed by atoms with Crippen molar-refractivity contribution in [3.63, 3.8) is 0 Å². The van der Waals surface area contributed by atoms with Crippen molar-refractivity contribution in [2.75, 3.05) is 31.1 Å². The minimum atomic E-state index is -4.39. The molecule has 0 N–H and O–H groups in total. The lowest BCUT2D eigenvalue weighted by atomic mass is 10.1. The Morgan fingerprint density at radius 1 is 1.00 bits per heavy atom. The molecule has 2 unspecified atom stereocenters. The van der Waals surface area contributed by atoms with E-state index in [1.165, 1.54) is 24.5 Å². The van der Waals surface area contributed by atoms with E-state index in [0.29, 0.717) is 50.8 Å². The lowest BCUT2D eigenvalue weighted by Gasteiger charge is -2.41. The van der Waals surface area contributed by atoms with Crippen molar-refractivity contribution in [2.45, 2.75) is 44.1 Å². The third kappa shape index (κ3) is 4.54. The number of hydrogen-bond donors (Lipinski definition) is 0. The van der Waals surface area contributed by atoms with Crippen LogP contribution in [0.25, 0.3) is 5.69 Å². The fourth-order valence-corrected chi connectivity index (χ4v) is 5.73. The number of hydrogen-bond acceptors (Lipinski definition) is 6. The van der Waals surface area contributed by atoms with E-state index in [1.54, 1.807) is 10.9 Å². The molecule has 5 heterocycles. The number of aromatic nitrogens is 4. The summed E-state index contributed by atoms with van der Waals surface area (Å²) in [7, 11) is 0. The first-order chi connectivity index (χ1) is 17.8. The molecule has 2 atom stereocenters. The summed E-state index contributed by atoms with van der Waals surface area (Å²) in [5.74, 6) is 0.113. The number of benzene rings is 1. The van der Waals surface area contributed by atoms with Crippen molar-refractivity contribution in [3.8, 4) is 5.69 Å². The second-order valence-electron chi connectivity index (χ2n) is 9.83. The molecule has 1 aromatic carbocycles. The first-order valence-corrected chi connectivity index (χ1v) is 12.3. The zero-order valence-electron chi connectivity index (χ0n) is 19.9. The molecule has 0 saturated carbocycles. The summed E-state index contributed by atoms with van der Waals surface area (Å²) in [5.41, 5.74) is 1.67. The Hall–Kier alpha value is -3.54. The van der Waals surface area contributed by atoms with Crippen LogP contribution in [0.4, 0.5) is 23.5 Å². The average molecular weight is 516 g/mol. The van der Waals surface area contributed by atoms with Gasteiger partial charge in [0.15, 0.2) is 5.82 Å². The number of amides is 1. The Bertz CT molecular complexity index is 1280. The Morgan fingerprint density at radius 3 is 2.32 bits per heavy atom. The standard InChI is InChI=1S/C25H25F4N7O/c26-18-10-30-24(31-11-18)35-20-5-6-21(35)14-33(13-20)15-23(37)34-8-7-22-16(12-34)9-32-36(22)19-3-1-17(2-4-19)25(27,28)29/h1-4,9-11,20-21H,5-8,12-15H2. The number of piperazine rings is 1. The van der Waals surface area contributed by atoms with Gasteiger partial charge in [0.05, 0.1) is 42.1 Å². The number of alkyl halides is 3. The van der Waals surface area contributed by atoms with Crippen molar-refractivity contribution >= 4 is 11.9 Å². The molecule has 12 heteroatoms. The van der Waals surface area contributed by atoms with Gasteiger partial charge in [0.2, 0.25) is 11.9 Å². The number of anilines is 1. The summed E-state index contributed by atoms with van der Waals surface area (Å²) in [5, 5.41) is 4.39. The minimum Gasteiger partial charge on any atom is -0.337 e. The highest BCUT2D eigenvalue weighted by atomic mass is 19.4. The maximum atomic E-state index is 13.2. The molecule has 2 saturated heterocycles. The molecule has 8 nitrogen and oxygen atoms in total. The molecule has 6 rings (SSSR count). The van der Waals surface area contributed by atoms with Gasteiger partial charge < -0.3 is 9.80 Å². The number of nitrogens with zero attached hydrogens (tertiary/aromatic N) is 7. The van der Waals surface area contributed by atoms with Gasteiger partial charge in [0.1, 0.15) is 0 Å². The van der Waals surface area contributed by atoms with Crippen LogP contribution >= 0.6 is 0 Å². The van der Waals surface area contributed by atoms with Crippen LogP contribution in [-0.4, -0.2) is 73.7 Å². The lowest BCUT2D eigenvalue weighted by molar-refractivity contribution is -0.137. The van der Waals surface area contributed by atoms with E-state index in [9.17, 15) is 22.4 Å². The second-order valence-corrected chi connectivity index (χ2v) is 9.83. The fraction of sp³-hybridized carbons (Fsp3) is 0.440. The molecule has 1 amide bonds. The van der Waals surface area contributed by atoms with Gasteiger partial charge in [-0.15, -0.1) is 0 Å². The van der Waals surface area contributed by atoms with Gasteiger partial charge in [-0.2, -0.15) is 18.3 Å². The smallest absolute Gasteiger partial charge is 0.337 e. The first kappa shape index (κ1) is 23.8. The quantitative estimate of drug-likeness (QED) is 0.498. The van der Waals surface area contributed by atoms with Crippen LogP contribution in [0.5, 0.6) is 0 Å². The summed E-state index contributed by atoms with van der Waals surface area (Å²) in [6, 6.07) is 5.31. The Labute approximate surface area is 210 Å². The molecule has 2 bridgehead atoms. The first-order valence-electron chi connectivity index (χ1n) is 12.3. The van der Waals surface area contributed by atoms with Crippen molar-refractivity contribution in [2.24, 2.45) is 0 Å². The molecule has 3 aromatic rings. The van der Waals surface area contributed by atoms with Gasteiger partial charge in [-0.1, -0.05) is 0 Å². The Morgan fingerprint density at radius 2 is 1.68 bits per heavy atom. The molecular formula is C25H25F4N7O. The zero-order chi connectivity index (χ0) is 25.7. The molecule has 2 fully saturated rings. The van der Waals surface area contributed by atoms with E-state index in [0.717, 1.165) is 36.2 Å². The van der Waals surface area contributed by atoms with Crippen LogP contribution in [0.15, 0.2) is 42.9 Å². The number of likely N-dealkylation sites (tertiary alicyclic amines) is 1. The molecule has 3 aliphatic rings. The predicted octanol–water partition coefficient (Wildman–Crippen LogP) is 3.06. The number of fused-ring (bicyclic) bond motifs is 3. The van der Waals surface area contributed by atoms with Gasteiger partial charge in [-0.05, 0) is 37.1 Å². The van der Waals surface area contributed by atoms with E-state index in [-0.39, 0.29) is 18.0 Å². The predicted molar refractivity (Wildman–Crippen MR) is 125 cm³/mol. The highest BCUT2D eigenvalue weighted by molar-refractivity contribution is 5.78. The second kappa shape index (κ2) is 9.09. The number of carbonyl (C=O) groups is 1. The van der Waals surface area contributed by atoms with Crippen LogP contribution in [0.1, 0.15) is 29.7 Å². The molecule has 0 aliphatic carbocycles. The van der Waals surface area contributed by atoms with Gasteiger partial charge in [0, 0.05) is 50.2 Å². The summed E-state index contributed by atoms with van der Waals surface area (Å²) < 4.78 is 53.6. The summed E-state index contributed by atoms with van der Waals surface area (Å²) >= 11 is 0. The van der Waals surface area contributed by atoms with Crippen LogP contribution in [-0.2, 0) is 23.9 Å². The van der Waals surface area contributed by atoms with Crippen LogP contribution < -0.4 is 4.90 Å². The molecule has 0 spiro atoms. The maximum Gasteiger partial charge on any atom is 0.416 e. The van der Waals surface area contributed by atoms with Gasteiger partial charge >= 0.3 is 6.18 Å². The van der Waals surface area contributed by atoms with E-state index in [1.807, 2.05) is 4.90 Å². The monoisotopic (exact) mass is 515 g/mol. The molecule has 37 heavy (non-hydrogen) atoms. The largest absolute Gasteiger partial charge is 0.416 e. The molecule has 2 aromatic heterocycles. The Kier molecular flexibility index (Phi) is 5.85. The van der Waals surface area contributed by atoms with Crippen LogP contribution in [0, 0.1) is 5.82 Å². The SMILES string of the molecule is O=C(CN1CC2CCC(C1)N2c1ncc(F)cn1)N1CCc2c(cnn2-c2ccc(C(F)(F)F)cc2)C1. The lowest BCUT2D eigenvalue weighted by Crippen LogP contribution is -2.56. The van der Waals surface area contributed by atoms with Gasteiger partial charge in [0.25, 0.3) is 0 Å². The van der Waals surface area contributed by atoms with E-state index >= 15 is 0 Å². The van der Waals surface area contributed by atoms with Gasteiger partial charge in [-0.3, -0.25) is 9.69 Å². The van der Waals surface area contributed by atoms with E-state index in [4.69, 9.17) is 0 Å². The van der Waals surface area contributed by atoms with Crippen LogP contribution in [0.2, 0.25) is 0 Å². The zero-order valence-corrected chi connectivity index (χ0v) is 19.9. The summed E-state index contributed by atoms with van der Waals surface area (Å²) in [4.78, 5) is 27.6. The highest BCUT2D eigenvalue weighted by Gasteiger charge is 2.42. The van der Waals surface area contributed by atoms with Gasteiger partial charge in [-0.25, -0.2) is 19.0 Å².